The second-order valence-corrected chi connectivity index (χ2v) is 6.81. The minimum absolute atomic E-state index is 0.125. The van der Waals surface area contributed by atoms with Gasteiger partial charge in [0.15, 0.2) is 11.5 Å². The number of hydrogen-bond donors (Lipinski definition) is 2. The first kappa shape index (κ1) is 21.5. The number of aromatic hydroxyl groups is 1. The number of benzene rings is 1. The van der Waals surface area contributed by atoms with Crippen molar-refractivity contribution >= 4 is 5.78 Å². The molecule has 4 nitrogen and oxygen atoms in total. The number of unbranched alkanes of at least 4 members (excludes halogenated alkanes) is 5. The van der Waals surface area contributed by atoms with Crippen molar-refractivity contribution in [3.05, 3.63) is 23.8 Å². The topological polar surface area (TPSA) is 66.8 Å². The van der Waals surface area contributed by atoms with Gasteiger partial charge < -0.3 is 14.9 Å². The van der Waals surface area contributed by atoms with Crippen LogP contribution in [0, 0.1) is 0 Å². The zero-order valence-electron chi connectivity index (χ0n) is 15.8. The van der Waals surface area contributed by atoms with Gasteiger partial charge in [0.25, 0.3) is 0 Å². The summed E-state index contributed by atoms with van der Waals surface area (Å²) in [6.07, 6.45) is 9.68. The number of hydrogen-bond acceptors (Lipinski definition) is 4. The van der Waals surface area contributed by atoms with Gasteiger partial charge in [-0.05, 0) is 37.0 Å². The van der Waals surface area contributed by atoms with Crippen LogP contribution in [0.4, 0.5) is 0 Å². The molecule has 1 aromatic rings. The van der Waals surface area contributed by atoms with Crippen molar-refractivity contribution in [1.82, 2.24) is 0 Å². The normalized spacial score (nSPS) is 12.1. The molecule has 0 aliphatic rings. The van der Waals surface area contributed by atoms with E-state index in [4.69, 9.17) is 4.74 Å². The van der Waals surface area contributed by atoms with Crippen LogP contribution in [0.2, 0.25) is 0 Å². The van der Waals surface area contributed by atoms with Gasteiger partial charge in [-0.1, -0.05) is 51.5 Å². The number of methoxy groups -OCH3 is 1. The maximum Gasteiger partial charge on any atom is 0.160 e. The molecule has 0 aliphatic carbocycles. The van der Waals surface area contributed by atoms with E-state index in [9.17, 15) is 15.0 Å². The number of phenols is 1. The Bertz CT molecular complexity index is 499. The smallest absolute Gasteiger partial charge is 0.160 e. The molecule has 142 valence electrons. The molecule has 0 heterocycles. The Balaban J connectivity index is 2.15. The maximum absolute atomic E-state index is 12.0. The van der Waals surface area contributed by atoms with Crippen LogP contribution < -0.4 is 4.74 Å². The van der Waals surface area contributed by atoms with E-state index in [0.717, 1.165) is 37.7 Å². The van der Waals surface area contributed by atoms with Gasteiger partial charge in [-0.15, -0.1) is 0 Å². The number of aryl methyl sites for hydroxylation is 1. The molecule has 0 aromatic heterocycles. The Morgan fingerprint density at radius 3 is 2.56 bits per heavy atom. The molecule has 0 bridgehead atoms. The van der Waals surface area contributed by atoms with Gasteiger partial charge in [-0.3, -0.25) is 4.79 Å². The number of phenolic OH excluding ortho intramolecular Hbond substituents is 1. The fraction of sp³-hybridized carbons (Fsp3) is 0.667. The van der Waals surface area contributed by atoms with E-state index in [-0.39, 0.29) is 18.0 Å². The predicted octanol–water partition coefficient (Wildman–Crippen LogP) is 4.79. The lowest BCUT2D eigenvalue weighted by atomic mass is 10.0. The molecule has 0 saturated carbocycles. The summed E-state index contributed by atoms with van der Waals surface area (Å²) < 4.78 is 5.08. The van der Waals surface area contributed by atoms with Crippen LogP contribution >= 0.6 is 0 Å². The van der Waals surface area contributed by atoms with E-state index < -0.39 is 6.10 Å². The first-order valence-electron chi connectivity index (χ1n) is 9.62. The highest BCUT2D eigenvalue weighted by atomic mass is 16.5. The highest BCUT2D eigenvalue weighted by molar-refractivity contribution is 5.78. The summed E-state index contributed by atoms with van der Waals surface area (Å²) in [6.45, 7) is 2.20. The fourth-order valence-corrected chi connectivity index (χ4v) is 2.99. The van der Waals surface area contributed by atoms with E-state index in [1.807, 2.05) is 6.07 Å². The summed E-state index contributed by atoms with van der Waals surface area (Å²) in [6, 6.07) is 5.25. The molecule has 25 heavy (non-hydrogen) atoms. The Kier molecular flexibility index (Phi) is 11.0. The molecule has 2 N–H and O–H groups in total. The van der Waals surface area contributed by atoms with Crippen molar-refractivity contribution in [2.24, 2.45) is 0 Å². The van der Waals surface area contributed by atoms with E-state index in [1.54, 1.807) is 12.1 Å². The highest BCUT2D eigenvalue weighted by Crippen LogP contribution is 2.26. The number of Topliss-reactive ketones (excluding diaryl/α,β-unsaturated/α-hetero) is 1. The molecule has 0 spiro atoms. The number of aliphatic hydroxyl groups excluding tert-OH is 1. The van der Waals surface area contributed by atoms with Crippen LogP contribution in [-0.2, 0) is 11.2 Å². The van der Waals surface area contributed by atoms with Crippen LogP contribution in [0.1, 0.15) is 76.7 Å². The molecular weight excluding hydrogens is 316 g/mol. The van der Waals surface area contributed by atoms with Crippen molar-refractivity contribution in [3.63, 3.8) is 0 Å². The third kappa shape index (κ3) is 9.49. The third-order valence-corrected chi connectivity index (χ3v) is 4.52. The number of ether oxygens (including phenoxy) is 1. The summed E-state index contributed by atoms with van der Waals surface area (Å²) in [4.78, 5) is 12.0. The summed E-state index contributed by atoms with van der Waals surface area (Å²) in [7, 11) is 1.52. The standard InChI is InChI=1S/C21H34O4/c1-3-4-5-6-7-8-11-18(22)16-19(23)12-9-10-17-13-14-20(24)21(15-17)25-2/h13-15,18,22,24H,3-12,16H2,1-2H3. The molecule has 0 aliphatic heterocycles. The minimum atomic E-state index is -0.493. The number of aliphatic hydroxyl groups is 1. The summed E-state index contributed by atoms with van der Waals surface area (Å²) >= 11 is 0. The zero-order chi connectivity index (χ0) is 18.5. The number of carbonyl (C=O) groups excluding carboxylic acids is 1. The second kappa shape index (κ2) is 12.8. The molecule has 4 heteroatoms. The second-order valence-electron chi connectivity index (χ2n) is 6.81. The average molecular weight is 350 g/mol. The van der Waals surface area contributed by atoms with E-state index in [0.29, 0.717) is 12.2 Å². The molecule has 1 aromatic carbocycles. The van der Waals surface area contributed by atoms with E-state index in [1.165, 1.54) is 32.8 Å². The van der Waals surface area contributed by atoms with E-state index >= 15 is 0 Å². The van der Waals surface area contributed by atoms with Gasteiger partial charge in [0, 0.05) is 12.8 Å². The molecule has 0 amide bonds. The Morgan fingerprint density at radius 1 is 1.12 bits per heavy atom. The molecule has 0 saturated heterocycles. The zero-order valence-corrected chi connectivity index (χ0v) is 15.8. The molecule has 0 fully saturated rings. The summed E-state index contributed by atoms with van der Waals surface area (Å²) in [5.74, 6) is 0.711. The van der Waals surface area contributed by atoms with Crippen LogP contribution in [0.15, 0.2) is 18.2 Å². The first-order chi connectivity index (χ1) is 12.1. The molecule has 1 atom stereocenters. The molecule has 0 radical (unpaired) electrons. The van der Waals surface area contributed by atoms with Crippen LogP contribution in [0.3, 0.4) is 0 Å². The number of rotatable bonds is 14. The van der Waals surface area contributed by atoms with Gasteiger partial charge in [0.05, 0.1) is 13.2 Å². The lowest BCUT2D eigenvalue weighted by Crippen LogP contribution is -2.13. The largest absolute Gasteiger partial charge is 0.504 e. The van der Waals surface area contributed by atoms with Gasteiger partial charge in [-0.2, -0.15) is 0 Å². The highest BCUT2D eigenvalue weighted by Gasteiger charge is 2.11. The Morgan fingerprint density at radius 2 is 1.84 bits per heavy atom. The molecular formula is C21H34O4. The first-order valence-corrected chi connectivity index (χ1v) is 9.62. The Labute approximate surface area is 152 Å². The van der Waals surface area contributed by atoms with Crippen LogP contribution in [0.25, 0.3) is 0 Å². The van der Waals surface area contributed by atoms with Crippen molar-refractivity contribution in [2.45, 2.75) is 83.7 Å². The van der Waals surface area contributed by atoms with Crippen molar-refractivity contribution in [2.75, 3.05) is 7.11 Å². The Hall–Kier alpha value is -1.55. The monoisotopic (exact) mass is 350 g/mol. The summed E-state index contributed by atoms with van der Waals surface area (Å²) in [5, 5.41) is 19.5. The lowest BCUT2D eigenvalue weighted by Gasteiger charge is -2.10. The molecule has 1 rings (SSSR count). The SMILES string of the molecule is CCCCCCCCC(O)CC(=O)CCCc1ccc(O)c(OC)c1. The van der Waals surface area contributed by atoms with Gasteiger partial charge in [-0.25, -0.2) is 0 Å². The number of ketones is 1. The van der Waals surface area contributed by atoms with Crippen LogP contribution in [-0.4, -0.2) is 29.2 Å². The lowest BCUT2D eigenvalue weighted by molar-refractivity contribution is -0.121. The average Bonchev–Trinajstić information content (AvgIpc) is 2.59. The van der Waals surface area contributed by atoms with E-state index in [2.05, 4.69) is 6.92 Å². The third-order valence-electron chi connectivity index (χ3n) is 4.52. The van der Waals surface area contributed by atoms with Crippen molar-refractivity contribution < 1.29 is 19.7 Å². The van der Waals surface area contributed by atoms with Gasteiger partial charge in [0.2, 0.25) is 0 Å². The van der Waals surface area contributed by atoms with Gasteiger partial charge in [0.1, 0.15) is 5.78 Å². The number of carbonyl (C=O) groups is 1. The van der Waals surface area contributed by atoms with Gasteiger partial charge >= 0.3 is 0 Å². The van der Waals surface area contributed by atoms with Crippen LogP contribution in [0.5, 0.6) is 11.5 Å². The fourth-order valence-electron chi connectivity index (χ4n) is 2.99. The van der Waals surface area contributed by atoms with Crippen molar-refractivity contribution in [3.8, 4) is 11.5 Å². The van der Waals surface area contributed by atoms with Crippen molar-refractivity contribution in [1.29, 1.82) is 0 Å². The predicted molar refractivity (Wildman–Crippen MR) is 101 cm³/mol. The minimum Gasteiger partial charge on any atom is -0.504 e. The molecule has 1 unspecified atom stereocenters. The quantitative estimate of drug-likeness (QED) is 0.473. The maximum atomic E-state index is 12.0. The summed E-state index contributed by atoms with van der Waals surface area (Å²) in [5.41, 5.74) is 1.04.